The third kappa shape index (κ3) is 6.33. The molecule has 0 saturated carbocycles. The molecule has 1 aromatic rings. The van der Waals surface area contributed by atoms with Gasteiger partial charge in [-0.1, -0.05) is 42.5 Å². The molecule has 0 atom stereocenters. The highest BCUT2D eigenvalue weighted by Gasteiger charge is 2.19. The van der Waals surface area contributed by atoms with Gasteiger partial charge in [0.15, 0.2) is 0 Å². The van der Waals surface area contributed by atoms with Crippen molar-refractivity contribution in [3.63, 3.8) is 0 Å². The largest absolute Gasteiger partial charge is 0.494 e. The van der Waals surface area contributed by atoms with Gasteiger partial charge in [0.05, 0.1) is 6.61 Å². The highest BCUT2D eigenvalue weighted by atomic mass is 35.5. The number of aryl methyl sites for hydroxylation is 2. The fourth-order valence-electron chi connectivity index (χ4n) is 3.02. The molecule has 0 aromatic heterocycles. The predicted octanol–water partition coefficient (Wildman–Crippen LogP) is 5.07. The molecule has 0 fully saturated rings. The first-order valence-corrected chi connectivity index (χ1v) is 9.33. The number of aliphatic carboxylic acids is 1. The second-order valence-corrected chi connectivity index (χ2v) is 6.97. The average molecular weight is 388 g/mol. The van der Waals surface area contributed by atoms with E-state index in [2.05, 4.69) is 6.58 Å². The van der Waals surface area contributed by atoms with E-state index in [-0.39, 0.29) is 6.54 Å². The van der Waals surface area contributed by atoms with Crippen LogP contribution in [0.3, 0.4) is 0 Å². The fraction of sp³-hybridized carbons (Fsp3) is 0.318. The molecule has 1 N–H and O–H groups in total. The molecule has 1 aliphatic rings. The Kier molecular flexibility index (Phi) is 7.74. The van der Waals surface area contributed by atoms with Gasteiger partial charge in [-0.15, -0.1) is 0 Å². The Morgan fingerprint density at radius 3 is 2.67 bits per heavy atom. The van der Waals surface area contributed by atoms with Crippen LogP contribution >= 0.6 is 11.6 Å². The van der Waals surface area contributed by atoms with Gasteiger partial charge in [0.25, 0.3) is 0 Å². The summed E-state index contributed by atoms with van der Waals surface area (Å²) in [5.74, 6) is -0.00252. The Morgan fingerprint density at radius 1 is 1.33 bits per heavy atom. The van der Waals surface area contributed by atoms with Crippen molar-refractivity contribution in [1.29, 1.82) is 0 Å². The highest BCUT2D eigenvalue weighted by molar-refractivity contribution is 6.32. The molecule has 0 radical (unpaired) electrons. The predicted molar refractivity (Wildman–Crippen MR) is 110 cm³/mol. The molecule has 0 aliphatic carbocycles. The number of halogens is 1. The van der Waals surface area contributed by atoms with Crippen LogP contribution in [0.25, 0.3) is 0 Å². The number of ether oxygens (including phenoxy) is 1. The van der Waals surface area contributed by atoms with Crippen LogP contribution in [0.4, 0.5) is 0 Å². The SMILES string of the molecule is C=C/C=C\C=C1/CN(CC(=O)O)C=C1CCCOc1cc(C)c(Cl)c(C)c1. The number of hydrogen-bond donors (Lipinski definition) is 1. The lowest BCUT2D eigenvalue weighted by atomic mass is 10.0. The van der Waals surface area contributed by atoms with Crippen molar-refractivity contribution in [3.8, 4) is 5.75 Å². The molecule has 0 bridgehead atoms. The lowest BCUT2D eigenvalue weighted by Crippen LogP contribution is -2.23. The smallest absolute Gasteiger partial charge is 0.323 e. The third-order valence-corrected chi connectivity index (χ3v) is 4.87. The Balaban J connectivity index is 1.94. The molecule has 27 heavy (non-hydrogen) atoms. The van der Waals surface area contributed by atoms with Crippen molar-refractivity contribution in [2.24, 2.45) is 0 Å². The van der Waals surface area contributed by atoms with E-state index in [4.69, 9.17) is 21.4 Å². The van der Waals surface area contributed by atoms with E-state index in [1.54, 1.807) is 6.08 Å². The summed E-state index contributed by atoms with van der Waals surface area (Å²) in [6.45, 7) is 8.81. The van der Waals surface area contributed by atoms with Crippen molar-refractivity contribution in [2.75, 3.05) is 19.7 Å². The van der Waals surface area contributed by atoms with Crippen LogP contribution in [0.2, 0.25) is 5.02 Å². The maximum Gasteiger partial charge on any atom is 0.323 e. The summed E-state index contributed by atoms with van der Waals surface area (Å²) in [6, 6.07) is 3.90. The molecular formula is C22H26ClNO3. The first kappa shape index (κ1) is 20.8. The summed E-state index contributed by atoms with van der Waals surface area (Å²) >= 11 is 6.19. The van der Waals surface area contributed by atoms with E-state index in [1.807, 2.05) is 55.3 Å². The van der Waals surface area contributed by atoms with E-state index in [9.17, 15) is 4.79 Å². The monoisotopic (exact) mass is 387 g/mol. The zero-order valence-electron chi connectivity index (χ0n) is 15.9. The van der Waals surface area contributed by atoms with Crippen LogP contribution in [0.5, 0.6) is 5.75 Å². The topological polar surface area (TPSA) is 49.8 Å². The zero-order valence-corrected chi connectivity index (χ0v) is 16.6. The van der Waals surface area contributed by atoms with Gasteiger partial charge in [-0.25, -0.2) is 0 Å². The summed E-state index contributed by atoms with van der Waals surface area (Å²) in [7, 11) is 0. The van der Waals surface area contributed by atoms with E-state index in [0.29, 0.717) is 13.2 Å². The maximum absolute atomic E-state index is 11.0. The highest BCUT2D eigenvalue weighted by Crippen LogP contribution is 2.27. The first-order valence-electron chi connectivity index (χ1n) is 8.95. The van der Waals surface area contributed by atoms with Crippen LogP contribution in [0, 0.1) is 13.8 Å². The van der Waals surface area contributed by atoms with Crippen molar-refractivity contribution in [2.45, 2.75) is 26.7 Å². The molecule has 4 nitrogen and oxygen atoms in total. The van der Waals surface area contributed by atoms with Gasteiger partial charge in [0.2, 0.25) is 0 Å². The summed E-state index contributed by atoms with van der Waals surface area (Å²) in [5.41, 5.74) is 4.30. The molecule has 1 aliphatic heterocycles. The number of carboxylic acids is 1. The quantitative estimate of drug-likeness (QED) is 0.474. The Morgan fingerprint density at radius 2 is 2.04 bits per heavy atom. The van der Waals surface area contributed by atoms with Crippen LogP contribution in [-0.2, 0) is 4.79 Å². The van der Waals surface area contributed by atoms with Crippen molar-refractivity contribution >= 4 is 17.6 Å². The summed E-state index contributed by atoms with van der Waals surface area (Å²) in [4.78, 5) is 12.8. The summed E-state index contributed by atoms with van der Waals surface area (Å²) in [5, 5.41) is 9.80. The third-order valence-electron chi connectivity index (χ3n) is 4.28. The molecule has 0 amide bonds. The Labute approximate surface area is 166 Å². The molecule has 0 spiro atoms. The maximum atomic E-state index is 11.0. The molecular weight excluding hydrogens is 362 g/mol. The molecule has 5 heteroatoms. The van der Waals surface area contributed by atoms with Gasteiger partial charge in [0, 0.05) is 17.8 Å². The van der Waals surface area contributed by atoms with E-state index < -0.39 is 5.97 Å². The van der Waals surface area contributed by atoms with Crippen molar-refractivity contribution < 1.29 is 14.6 Å². The Hall–Kier alpha value is -2.46. The first-order chi connectivity index (χ1) is 12.9. The average Bonchev–Trinajstić information content (AvgIpc) is 2.97. The number of benzene rings is 1. The molecule has 2 rings (SSSR count). The van der Waals surface area contributed by atoms with E-state index in [0.717, 1.165) is 45.9 Å². The standard InChI is InChI=1S/C22H26ClNO3/c1-4-5-6-8-18-13-24(15-21(25)26)14-19(18)9-7-10-27-20-11-16(2)22(23)17(3)12-20/h4-6,8,11-12,14H,1,7,9-10,13,15H2,2-3H3,(H,25,26)/b6-5-,18-8+. The van der Waals surface area contributed by atoms with Gasteiger partial charge < -0.3 is 14.7 Å². The van der Waals surface area contributed by atoms with Gasteiger partial charge in [-0.2, -0.15) is 0 Å². The van der Waals surface area contributed by atoms with Crippen LogP contribution in [0.1, 0.15) is 24.0 Å². The summed E-state index contributed by atoms with van der Waals surface area (Å²) in [6.07, 6.45) is 11.1. The minimum Gasteiger partial charge on any atom is -0.494 e. The number of carbonyl (C=O) groups is 1. The second-order valence-electron chi connectivity index (χ2n) is 6.59. The second kappa shape index (κ2) is 10.0. The molecule has 144 valence electrons. The lowest BCUT2D eigenvalue weighted by Gasteiger charge is -2.11. The molecule has 1 aromatic carbocycles. The van der Waals surface area contributed by atoms with Crippen LogP contribution in [-0.4, -0.2) is 35.7 Å². The number of allylic oxidation sites excluding steroid dienone is 4. The summed E-state index contributed by atoms with van der Waals surface area (Å²) < 4.78 is 5.87. The van der Waals surface area contributed by atoms with Gasteiger partial charge >= 0.3 is 5.97 Å². The number of carboxylic acid groups (broad SMARTS) is 1. The number of hydrogen-bond acceptors (Lipinski definition) is 3. The van der Waals surface area contributed by atoms with Crippen LogP contribution < -0.4 is 4.74 Å². The van der Waals surface area contributed by atoms with Gasteiger partial charge in [0.1, 0.15) is 12.3 Å². The van der Waals surface area contributed by atoms with Crippen molar-refractivity contribution in [3.05, 3.63) is 76.5 Å². The van der Waals surface area contributed by atoms with Gasteiger partial charge in [-0.3, -0.25) is 4.79 Å². The lowest BCUT2D eigenvalue weighted by molar-refractivity contribution is -0.137. The fourth-order valence-corrected chi connectivity index (χ4v) is 3.13. The number of rotatable bonds is 9. The zero-order chi connectivity index (χ0) is 19.8. The molecule has 0 unspecified atom stereocenters. The molecule has 1 heterocycles. The number of nitrogens with zero attached hydrogens (tertiary/aromatic N) is 1. The minimum absolute atomic E-state index is 0.00579. The van der Waals surface area contributed by atoms with Gasteiger partial charge in [-0.05, 0) is 61.1 Å². The van der Waals surface area contributed by atoms with E-state index in [1.165, 1.54) is 0 Å². The van der Waals surface area contributed by atoms with Crippen LogP contribution in [0.15, 0.2) is 60.4 Å². The van der Waals surface area contributed by atoms with Crippen molar-refractivity contribution in [1.82, 2.24) is 4.90 Å². The van der Waals surface area contributed by atoms with E-state index >= 15 is 0 Å². The molecule has 0 saturated heterocycles. The normalized spacial score (nSPS) is 15.4. The minimum atomic E-state index is -0.828. The Bertz CT molecular complexity index is 770.